The number of amidine groups is 1. The molecular weight excluding hydrogens is 376 g/mol. The molecule has 1 aromatic heterocycles. The van der Waals surface area contributed by atoms with E-state index in [1.165, 1.54) is 18.7 Å². The van der Waals surface area contributed by atoms with Gasteiger partial charge in [-0.2, -0.15) is 4.99 Å². The number of aromatic nitrogens is 1. The summed E-state index contributed by atoms with van der Waals surface area (Å²) in [6.07, 6.45) is 4.09. The molecule has 4 rings (SSSR count). The van der Waals surface area contributed by atoms with Crippen molar-refractivity contribution in [3.63, 3.8) is 0 Å². The van der Waals surface area contributed by atoms with Crippen LogP contribution in [0.3, 0.4) is 0 Å². The number of amides is 2. The summed E-state index contributed by atoms with van der Waals surface area (Å²) in [7, 11) is 0. The summed E-state index contributed by atoms with van der Waals surface area (Å²) in [5, 5.41) is 7.45. The standard InChI is InChI=1S/C20H20N4O3S/c1-3-27-16-10-18(21-11(2)25)23-15-7-4-12(8-14(15)16)9-17-19(26)24-20(28-17)22-13-5-6-13/h4,7-10,13H,3,5-6H2,1-2H3,(H,21,23,25)(H,22,24,26). The van der Waals surface area contributed by atoms with E-state index >= 15 is 0 Å². The third kappa shape index (κ3) is 4.17. The molecular formula is C20H20N4O3S. The molecule has 2 amide bonds. The molecule has 1 fully saturated rings. The molecule has 0 radical (unpaired) electrons. The zero-order valence-corrected chi connectivity index (χ0v) is 16.4. The Morgan fingerprint density at radius 2 is 2.18 bits per heavy atom. The van der Waals surface area contributed by atoms with Crippen molar-refractivity contribution in [2.24, 2.45) is 4.99 Å². The maximum Gasteiger partial charge on any atom is 0.286 e. The van der Waals surface area contributed by atoms with E-state index in [9.17, 15) is 9.59 Å². The van der Waals surface area contributed by atoms with Crippen LogP contribution in [0.4, 0.5) is 5.82 Å². The summed E-state index contributed by atoms with van der Waals surface area (Å²) in [6.45, 7) is 3.82. The number of carbonyl (C=O) groups is 2. The number of pyridine rings is 1. The highest BCUT2D eigenvalue weighted by atomic mass is 32.2. The van der Waals surface area contributed by atoms with Gasteiger partial charge in [-0.05, 0) is 55.3 Å². The molecule has 0 saturated heterocycles. The zero-order valence-electron chi connectivity index (χ0n) is 15.6. The summed E-state index contributed by atoms with van der Waals surface area (Å²) in [5.74, 6) is 0.662. The van der Waals surface area contributed by atoms with Gasteiger partial charge in [-0.3, -0.25) is 9.59 Å². The van der Waals surface area contributed by atoms with Crippen LogP contribution in [0.25, 0.3) is 17.0 Å². The van der Waals surface area contributed by atoms with Gasteiger partial charge in [0.2, 0.25) is 5.91 Å². The average molecular weight is 396 g/mol. The summed E-state index contributed by atoms with van der Waals surface area (Å²) >= 11 is 1.37. The first kappa shape index (κ1) is 18.5. The molecule has 2 aromatic rings. The Labute approximate surface area is 166 Å². The van der Waals surface area contributed by atoms with Gasteiger partial charge in [-0.25, -0.2) is 4.98 Å². The van der Waals surface area contributed by atoms with Crippen LogP contribution in [-0.2, 0) is 9.59 Å². The number of ether oxygens (including phenoxy) is 1. The van der Waals surface area contributed by atoms with E-state index in [1.54, 1.807) is 6.07 Å². The number of rotatable bonds is 5. The van der Waals surface area contributed by atoms with Crippen molar-refractivity contribution in [2.75, 3.05) is 11.9 Å². The van der Waals surface area contributed by atoms with Crippen molar-refractivity contribution in [3.05, 3.63) is 34.7 Å². The number of nitrogens with one attached hydrogen (secondary N) is 2. The minimum Gasteiger partial charge on any atom is -0.493 e. The van der Waals surface area contributed by atoms with Crippen molar-refractivity contribution in [2.45, 2.75) is 32.7 Å². The number of aliphatic imine (C=N–C) groups is 1. The summed E-state index contributed by atoms with van der Waals surface area (Å²) in [4.78, 5) is 32.6. The van der Waals surface area contributed by atoms with Gasteiger partial charge in [-0.15, -0.1) is 0 Å². The van der Waals surface area contributed by atoms with Gasteiger partial charge in [0.15, 0.2) is 5.17 Å². The number of hydrogen-bond donors (Lipinski definition) is 2. The second-order valence-corrected chi connectivity index (χ2v) is 7.68. The normalized spacial score (nSPS) is 17.7. The predicted molar refractivity (Wildman–Crippen MR) is 111 cm³/mol. The molecule has 2 heterocycles. The molecule has 1 aliphatic carbocycles. The smallest absolute Gasteiger partial charge is 0.286 e. The Kier molecular flexibility index (Phi) is 5.04. The van der Waals surface area contributed by atoms with Crippen LogP contribution in [-0.4, -0.2) is 34.6 Å². The number of carbonyl (C=O) groups excluding carboxylic acids is 2. The molecule has 0 bridgehead atoms. The number of thioether (sulfide) groups is 1. The average Bonchev–Trinajstić information content (AvgIpc) is 3.38. The van der Waals surface area contributed by atoms with Crippen molar-refractivity contribution < 1.29 is 14.3 Å². The van der Waals surface area contributed by atoms with Crippen molar-refractivity contribution in [3.8, 4) is 5.75 Å². The van der Waals surface area contributed by atoms with E-state index in [1.807, 2.05) is 31.2 Å². The van der Waals surface area contributed by atoms with Crippen LogP contribution < -0.4 is 15.4 Å². The lowest BCUT2D eigenvalue weighted by atomic mass is 10.1. The fourth-order valence-corrected chi connectivity index (χ4v) is 3.74. The Morgan fingerprint density at radius 1 is 1.36 bits per heavy atom. The molecule has 0 spiro atoms. The minimum absolute atomic E-state index is 0.192. The van der Waals surface area contributed by atoms with Gasteiger partial charge in [-0.1, -0.05) is 6.07 Å². The summed E-state index contributed by atoms with van der Waals surface area (Å²) in [6, 6.07) is 7.83. The lowest BCUT2D eigenvalue weighted by Gasteiger charge is -2.11. The molecule has 0 unspecified atom stereocenters. The topological polar surface area (TPSA) is 92.7 Å². The molecule has 1 aliphatic heterocycles. The SMILES string of the molecule is CCOc1cc(NC(C)=O)nc2ccc(C=C3SC(NC4CC4)=NC3=O)cc12. The summed E-state index contributed by atoms with van der Waals surface area (Å²) in [5.41, 5.74) is 1.57. The van der Waals surface area contributed by atoms with Crippen molar-refractivity contribution >= 4 is 51.5 Å². The molecule has 1 saturated carbocycles. The van der Waals surface area contributed by atoms with E-state index in [-0.39, 0.29) is 11.8 Å². The zero-order chi connectivity index (χ0) is 19.7. The molecule has 144 valence electrons. The second-order valence-electron chi connectivity index (χ2n) is 6.65. The fourth-order valence-electron chi connectivity index (χ4n) is 2.85. The molecule has 2 aliphatic rings. The fraction of sp³-hybridized carbons (Fsp3) is 0.300. The maximum atomic E-state index is 12.2. The van der Waals surface area contributed by atoms with Crippen LogP contribution in [0, 0.1) is 0 Å². The van der Waals surface area contributed by atoms with E-state index in [2.05, 4.69) is 20.6 Å². The molecule has 2 N–H and O–H groups in total. The monoisotopic (exact) mass is 396 g/mol. The van der Waals surface area contributed by atoms with E-state index < -0.39 is 0 Å². The van der Waals surface area contributed by atoms with E-state index in [0.29, 0.717) is 39.8 Å². The first-order valence-corrected chi connectivity index (χ1v) is 9.98. The van der Waals surface area contributed by atoms with Gasteiger partial charge in [0.05, 0.1) is 17.0 Å². The Balaban J connectivity index is 1.64. The predicted octanol–water partition coefficient (Wildman–Crippen LogP) is 3.31. The van der Waals surface area contributed by atoms with Gasteiger partial charge >= 0.3 is 0 Å². The van der Waals surface area contributed by atoms with E-state index in [4.69, 9.17) is 4.74 Å². The van der Waals surface area contributed by atoms with Crippen LogP contribution in [0.15, 0.2) is 34.2 Å². The molecule has 7 nitrogen and oxygen atoms in total. The highest BCUT2D eigenvalue weighted by Crippen LogP contribution is 2.32. The Morgan fingerprint density at radius 3 is 2.89 bits per heavy atom. The largest absolute Gasteiger partial charge is 0.493 e. The van der Waals surface area contributed by atoms with Crippen LogP contribution in [0.5, 0.6) is 5.75 Å². The second kappa shape index (κ2) is 7.63. The highest BCUT2D eigenvalue weighted by molar-refractivity contribution is 8.18. The number of hydrogen-bond acceptors (Lipinski definition) is 6. The lowest BCUT2D eigenvalue weighted by molar-refractivity contribution is -0.114. The first-order valence-electron chi connectivity index (χ1n) is 9.16. The third-order valence-corrected chi connectivity index (χ3v) is 5.14. The molecule has 28 heavy (non-hydrogen) atoms. The van der Waals surface area contributed by atoms with Crippen molar-refractivity contribution in [1.29, 1.82) is 0 Å². The van der Waals surface area contributed by atoms with Gasteiger partial charge in [0, 0.05) is 24.4 Å². The minimum atomic E-state index is -0.225. The first-order chi connectivity index (χ1) is 13.5. The van der Waals surface area contributed by atoms with Crippen molar-refractivity contribution in [1.82, 2.24) is 10.3 Å². The number of nitrogens with zero attached hydrogens (tertiary/aromatic N) is 2. The Hall–Kier alpha value is -2.87. The molecule has 1 aromatic carbocycles. The van der Waals surface area contributed by atoms with Crippen LogP contribution in [0.1, 0.15) is 32.3 Å². The quantitative estimate of drug-likeness (QED) is 0.753. The highest BCUT2D eigenvalue weighted by Gasteiger charge is 2.28. The number of benzene rings is 1. The van der Waals surface area contributed by atoms with Gasteiger partial charge < -0.3 is 15.4 Å². The lowest BCUT2D eigenvalue weighted by Crippen LogP contribution is -2.20. The molecule has 0 atom stereocenters. The summed E-state index contributed by atoms with van der Waals surface area (Å²) < 4.78 is 5.74. The van der Waals surface area contributed by atoms with Crippen LogP contribution >= 0.6 is 11.8 Å². The third-order valence-electron chi connectivity index (χ3n) is 4.22. The van der Waals surface area contributed by atoms with Gasteiger partial charge in [0.1, 0.15) is 11.6 Å². The number of fused-ring (bicyclic) bond motifs is 1. The maximum absolute atomic E-state index is 12.2. The van der Waals surface area contributed by atoms with Gasteiger partial charge in [0.25, 0.3) is 5.91 Å². The Bertz CT molecular complexity index is 1030. The molecule has 8 heteroatoms. The number of anilines is 1. The van der Waals surface area contributed by atoms with Crippen LogP contribution in [0.2, 0.25) is 0 Å². The van der Waals surface area contributed by atoms with E-state index in [0.717, 1.165) is 23.8 Å².